The fourth-order valence-electron chi connectivity index (χ4n) is 4.64. The zero-order valence-corrected chi connectivity index (χ0v) is 25.7. The van der Waals surface area contributed by atoms with Gasteiger partial charge in [-0.2, -0.15) is 14.0 Å². The number of aryl methyl sites for hydroxylation is 1. The lowest BCUT2D eigenvalue weighted by molar-refractivity contribution is -0.185. The summed E-state index contributed by atoms with van der Waals surface area (Å²) in [6.07, 6.45) is 10.0. The van der Waals surface area contributed by atoms with Crippen LogP contribution in [0.3, 0.4) is 0 Å². The van der Waals surface area contributed by atoms with E-state index >= 15 is 0 Å². The van der Waals surface area contributed by atoms with Crippen LogP contribution in [0.1, 0.15) is 80.9 Å². The second-order valence-electron chi connectivity index (χ2n) is 10.9. The molecule has 0 radical (unpaired) electrons. The average Bonchev–Trinajstić information content (AvgIpc) is 3.02. The average molecular weight is 620 g/mol. The van der Waals surface area contributed by atoms with E-state index in [-0.39, 0.29) is 11.3 Å². The highest BCUT2D eigenvalue weighted by molar-refractivity contribution is 5.87. The molecule has 0 spiro atoms. The maximum absolute atomic E-state index is 14.7. The molecule has 7 nitrogen and oxygen atoms in total. The van der Waals surface area contributed by atoms with Crippen LogP contribution in [0.15, 0.2) is 72.8 Å². The smallest absolute Gasteiger partial charge is 0.426 e. The van der Waals surface area contributed by atoms with E-state index in [1.165, 1.54) is 61.7 Å². The van der Waals surface area contributed by atoms with Crippen molar-refractivity contribution in [1.82, 2.24) is 0 Å². The van der Waals surface area contributed by atoms with Gasteiger partial charge in [0.25, 0.3) is 0 Å². The summed E-state index contributed by atoms with van der Waals surface area (Å²) < 4.78 is 44.9. The summed E-state index contributed by atoms with van der Waals surface area (Å²) in [4.78, 5) is 12.0. The van der Waals surface area contributed by atoms with E-state index in [0.29, 0.717) is 43.1 Å². The molecule has 4 N–H and O–H groups in total. The van der Waals surface area contributed by atoms with Gasteiger partial charge >= 0.3 is 12.1 Å². The van der Waals surface area contributed by atoms with Crippen molar-refractivity contribution in [2.24, 2.45) is 0 Å². The van der Waals surface area contributed by atoms with Crippen LogP contribution < -0.4 is 20.9 Å². The van der Waals surface area contributed by atoms with Crippen molar-refractivity contribution in [3.8, 4) is 17.6 Å². The van der Waals surface area contributed by atoms with Gasteiger partial charge in [-0.25, -0.2) is 4.79 Å². The van der Waals surface area contributed by atoms with Crippen LogP contribution >= 0.6 is 0 Å². The minimum absolute atomic E-state index is 0.0140. The van der Waals surface area contributed by atoms with E-state index in [1.807, 2.05) is 24.3 Å². The Morgan fingerprint density at radius 1 is 0.800 bits per heavy atom. The minimum Gasteiger partial charge on any atom is -0.494 e. The molecule has 0 aliphatic heterocycles. The molecular formula is C36H43F2N3O4. The third-order valence-corrected chi connectivity index (χ3v) is 7.18. The van der Waals surface area contributed by atoms with Crippen molar-refractivity contribution in [2.75, 3.05) is 24.7 Å². The summed E-state index contributed by atoms with van der Waals surface area (Å²) in [6.45, 7) is 0.701. The molecule has 0 amide bonds. The number of nitrogen functional groups attached to an aromatic ring is 2. The number of nitrogens with zero attached hydrogens (tertiary/aromatic N) is 1. The van der Waals surface area contributed by atoms with E-state index < -0.39 is 12.1 Å². The van der Waals surface area contributed by atoms with Crippen LogP contribution in [0.5, 0.6) is 11.5 Å². The maximum Gasteiger partial charge on any atom is 0.426 e. The van der Waals surface area contributed by atoms with E-state index in [0.717, 1.165) is 49.8 Å². The molecule has 0 heterocycles. The molecule has 0 unspecified atom stereocenters. The van der Waals surface area contributed by atoms with E-state index in [9.17, 15) is 13.6 Å². The van der Waals surface area contributed by atoms with Crippen LogP contribution in [-0.2, 0) is 22.1 Å². The Balaban J connectivity index is 1.25. The minimum atomic E-state index is -3.55. The highest BCUT2D eigenvalue weighted by atomic mass is 19.3. The fraction of sp³-hybridized carbons (Fsp3) is 0.389. The van der Waals surface area contributed by atoms with Crippen molar-refractivity contribution in [2.45, 2.75) is 76.7 Å². The van der Waals surface area contributed by atoms with E-state index in [1.54, 1.807) is 18.2 Å². The van der Waals surface area contributed by atoms with Gasteiger partial charge in [0.1, 0.15) is 11.5 Å². The molecule has 0 aliphatic carbocycles. The molecule has 0 aromatic heterocycles. The number of nitriles is 1. The predicted molar refractivity (Wildman–Crippen MR) is 174 cm³/mol. The SMILES string of the molecule is N#CCCCOc1ccc(C(F)(F)Oc2ccc(/C=C/C(=O)OCCCCCCCCCCc3ccc(N)cc3N)cc2)cc1. The van der Waals surface area contributed by atoms with Gasteiger partial charge in [0.2, 0.25) is 0 Å². The van der Waals surface area contributed by atoms with Crippen molar-refractivity contribution < 1.29 is 27.8 Å². The van der Waals surface area contributed by atoms with Crippen molar-refractivity contribution >= 4 is 23.4 Å². The Morgan fingerprint density at radius 2 is 1.44 bits per heavy atom. The number of rotatable bonds is 20. The van der Waals surface area contributed by atoms with Gasteiger partial charge in [-0.3, -0.25) is 0 Å². The lowest BCUT2D eigenvalue weighted by Gasteiger charge is -2.18. The number of nitrogens with two attached hydrogens (primary N) is 2. The number of hydrogen-bond donors (Lipinski definition) is 2. The molecule has 0 saturated heterocycles. The Kier molecular flexibility index (Phi) is 14.7. The lowest BCUT2D eigenvalue weighted by Crippen LogP contribution is -2.21. The van der Waals surface area contributed by atoms with Crippen molar-refractivity contribution in [3.05, 3.63) is 89.5 Å². The van der Waals surface area contributed by atoms with Gasteiger partial charge in [-0.05, 0) is 91.4 Å². The number of carbonyl (C=O) groups is 1. The largest absolute Gasteiger partial charge is 0.494 e. The van der Waals surface area contributed by atoms with Gasteiger partial charge in [-0.1, -0.05) is 56.7 Å². The Hall–Kier alpha value is -4.58. The zero-order chi connectivity index (χ0) is 32.3. The van der Waals surface area contributed by atoms with Gasteiger partial charge in [-0.15, -0.1) is 0 Å². The Morgan fingerprint density at radius 3 is 2.11 bits per heavy atom. The standard InChI is InChI=1S/C36H43F2N3O4/c37-36(38,30-16-21-32(22-17-30)43-25-10-8-24-39)45-33-19-12-28(13-20-33)14-23-35(42)44-26-9-6-4-2-1-3-5-7-11-29-15-18-31(40)27-34(29)41/h12-23,27H,1-11,25-26,40-41H2/b23-14+. The Labute approximate surface area is 264 Å². The lowest BCUT2D eigenvalue weighted by atomic mass is 10.0. The first kappa shape index (κ1) is 34.9. The van der Waals surface area contributed by atoms with Crippen LogP contribution in [0.4, 0.5) is 20.2 Å². The quantitative estimate of drug-likeness (QED) is 0.0562. The van der Waals surface area contributed by atoms with Crippen molar-refractivity contribution in [1.29, 1.82) is 5.26 Å². The molecule has 0 atom stereocenters. The molecular weight excluding hydrogens is 576 g/mol. The maximum atomic E-state index is 14.7. The van der Waals surface area contributed by atoms with Gasteiger partial charge in [0.05, 0.1) is 24.8 Å². The summed E-state index contributed by atoms with van der Waals surface area (Å²) in [5.41, 5.74) is 14.7. The summed E-state index contributed by atoms with van der Waals surface area (Å²) in [5.74, 6) is -0.0149. The molecule has 3 aromatic carbocycles. The van der Waals surface area contributed by atoms with Crippen LogP contribution in [-0.4, -0.2) is 19.2 Å². The number of benzene rings is 3. The number of alkyl halides is 2. The van der Waals surface area contributed by atoms with Crippen LogP contribution in [0, 0.1) is 11.3 Å². The van der Waals surface area contributed by atoms with E-state index in [2.05, 4.69) is 0 Å². The molecule has 240 valence electrons. The van der Waals surface area contributed by atoms with Gasteiger partial charge < -0.3 is 25.7 Å². The molecule has 45 heavy (non-hydrogen) atoms. The highest BCUT2D eigenvalue weighted by Crippen LogP contribution is 2.32. The number of carbonyl (C=O) groups excluding carboxylic acids is 1. The molecule has 0 saturated carbocycles. The molecule has 3 aromatic rings. The summed E-state index contributed by atoms with van der Waals surface area (Å²) in [6, 6.07) is 19.1. The molecule has 9 heteroatoms. The monoisotopic (exact) mass is 619 g/mol. The molecule has 0 aliphatic rings. The topological polar surface area (TPSA) is 121 Å². The zero-order valence-electron chi connectivity index (χ0n) is 25.7. The van der Waals surface area contributed by atoms with Gasteiger partial charge in [0, 0.05) is 23.9 Å². The predicted octanol–water partition coefficient (Wildman–Crippen LogP) is 8.58. The summed E-state index contributed by atoms with van der Waals surface area (Å²) >= 11 is 0. The van der Waals surface area contributed by atoms with Crippen LogP contribution in [0.2, 0.25) is 0 Å². The number of hydrogen-bond acceptors (Lipinski definition) is 7. The molecule has 0 fully saturated rings. The highest BCUT2D eigenvalue weighted by Gasteiger charge is 2.34. The number of halogens is 2. The Bertz CT molecular complexity index is 1390. The van der Waals surface area contributed by atoms with E-state index in [4.69, 9.17) is 30.9 Å². The normalized spacial score (nSPS) is 11.3. The summed E-state index contributed by atoms with van der Waals surface area (Å²) in [7, 11) is 0. The third-order valence-electron chi connectivity index (χ3n) is 7.18. The first-order chi connectivity index (χ1) is 21.8. The van der Waals surface area contributed by atoms with Crippen molar-refractivity contribution in [3.63, 3.8) is 0 Å². The first-order valence-corrected chi connectivity index (χ1v) is 15.5. The van der Waals surface area contributed by atoms with Crippen LogP contribution in [0.25, 0.3) is 6.08 Å². The third kappa shape index (κ3) is 13.3. The van der Waals surface area contributed by atoms with Gasteiger partial charge in [0.15, 0.2) is 0 Å². The number of esters is 1. The number of ether oxygens (including phenoxy) is 3. The number of unbranched alkanes of at least 4 members (excludes halogenated alkanes) is 8. The first-order valence-electron chi connectivity index (χ1n) is 15.5. The molecule has 3 rings (SSSR count). The fourth-order valence-corrected chi connectivity index (χ4v) is 4.64. The second kappa shape index (κ2) is 18.9. The summed E-state index contributed by atoms with van der Waals surface area (Å²) in [5, 5.41) is 8.55. The number of anilines is 2. The molecule has 0 bridgehead atoms. The second-order valence-corrected chi connectivity index (χ2v) is 10.9.